The molecule has 1 fully saturated rings. The Kier molecular flexibility index (Phi) is 5.69. The molecule has 2 aromatic carbocycles. The van der Waals surface area contributed by atoms with Crippen LogP contribution in [-0.4, -0.2) is 43.4 Å². The Balaban J connectivity index is 2.05. The quantitative estimate of drug-likeness (QED) is 0.440. The standard InChI is InChI=1S/C20H18N2O6S/c1-26-12-5-6-14(16(10-12)27-2)22-19(25)13(18(24)21-20(22)29)8-11-4-7-15(23)17(9-11)28-3/h4-10,23H,1-3H3,(H,21,24,29)/b13-8+. The molecule has 2 aromatic rings. The number of rotatable bonds is 5. The van der Waals surface area contributed by atoms with Gasteiger partial charge in [-0.3, -0.25) is 14.9 Å². The molecule has 0 unspecified atom stereocenters. The number of anilines is 1. The third-order valence-corrected chi connectivity index (χ3v) is 4.53. The zero-order valence-corrected chi connectivity index (χ0v) is 16.7. The number of phenolic OH excluding ortho intramolecular Hbond substituents is 1. The topological polar surface area (TPSA) is 97.3 Å². The number of aromatic hydroxyl groups is 1. The molecule has 150 valence electrons. The monoisotopic (exact) mass is 414 g/mol. The van der Waals surface area contributed by atoms with Crippen molar-refractivity contribution >= 4 is 40.9 Å². The largest absolute Gasteiger partial charge is 0.504 e. The van der Waals surface area contributed by atoms with Crippen molar-refractivity contribution in [2.24, 2.45) is 0 Å². The minimum Gasteiger partial charge on any atom is -0.504 e. The van der Waals surface area contributed by atoms with E-state index in [2.05, 4.69) is 5.32 Å². The summed E-state index contributed by atoms with van der Waals surface area (Å²) in [6, 6.07) is 9.34. The summed E-state index contributed by atoms with van der Waals surface area (Å²) < 4.78 is 15.6. The number of hydrogen-bond donors (Lipinski definition) is 2. The van der Waals surface area contributed by atoms with Crippen LogP contribution in [0.5, 0.6) is 23.0 Å². The van der Waals surface area contributed by atoms with Gasteiger partial charge >= 0.3 is 0 Å². The van der Waals surface area contributed by atoms with Crippen LogP contribution in [-0.2, 0) is 9.59 Å². The first kappa shape index (κ1) is 20.2. The van der Waals surface area contributed by atoms with E-state index >= 15 is 0 Å². The van der Waals surface area contributed by atoms with E-state index in [1.54, 1.807) is 24.3 Å². The van der Waals surface area contributed by atoms with Crippen LogP contribution >= 0.6 is 12.2 Å². The van der Waals surface area contributed by atoms with Gasteiger partial charge in [-0.15, -0.1) is 0 Å². The summed E-state index contributed by atoms with van der Waals surface area (Å²) in [5, 5.41) is 12.2. The number of nitrogens with one attached hydrogen (secondary N) is 1. The smallest absolute Gasteiger partial charge is 0.270 e. The highest BCUT2D eigenvalue weighted by Gasteiger charge is 2.36. The second kappa shape index (κ2) is 8.19. The summed E-state index contributed by atoms with van der Waals surface area (Å²) in [5.41, 5.74) is 0.717. The number of phenols is 1. The Morgan fingerprint density at radius 3 is 2.38 bits per heavy atom. The fraction of sp³-hybridized carbons (Fsp3) is 0.150. The lowest BCUT2D eigenvalue weighted by molar-refractivity contribution is -0.122. The fourth-order valence-electron chi connectivity index (χ4n) is 2.80. The van der Waals surface area contributed by atoms with Crippen LogP contribution in [0.4, 0.5) is 5.69 Å². The highest BCUT2D eigenvalue weighted by molar-refractivity contribution is 7.80. The summed E-state index contributed by atoms with van der Waals surface area (Å²) in [5.74, 6) is -0.198. The van der Waals surface area contributed by atoms with Crippen molar-refractivity contribution in [3.8, 4) is 23.0 Å². The van der Waals surface area contributed by atoms with Gasteiger partial charge in [-0.25, -0.2) is 4.90 Å². The Morgan fingerprint density at radius 2 is 1.72 bits per heavy atom. The summed E-state index contributed by atoms with van der Waals surface area (Å²) in [7, 11) is 4.37. The molecule has 0 saturated carbocycles. The second-order valence-electron chi connectivity index (χ2n) is 5.93. The fourth-order valence-corrected chi connectivity index (χ4v) is 3.07. The van der Waals surface area contributed by atoms with Gasteiger partial charge in [0.25, 0.3) is 11.8 Å². The predicted octanol–water partition coefficient (Wildman–Crippen LogP) is 2.25. The third kappa shape index (κ3) is 3.85. The van der Waals surface area contributed by atoms with Crippen LogP contribution < -0.4 is 24.4 Å². The van der Waals surface area contributed by atoms with Crippen molar-refractivity contribution < 1.29 is 28.9 Å². The summed E-state index contributed by atoms with van der Waals surface area (Å²) in [6.07, 6.45) is 1.39. The minimum atomic E-state index is -0.629. The normalized spacial score (nSPS) is 15.3. The zero-order chi connectivity index (χ0) is 21.1. The van der Waals surface area contributed by atoms with Gasteiger partial charge in [-0.2, -0.15) is 0 Å². The number of hydrogen-bond acceptors (Lipinski definition) is 7. The van der Waals surface area contributed by atoms with Crippen LogP contribution in [0.15, 0.2) is 42.0 Å². The minimum absolute atomic E-state index is 0.0557. The Bertz CT molecular complexity index is 1030. The first-order valence-electron chi connectivity index (χ1n) is 8.40. The molecular formula is C20H18N2O6S. The summed E-state index contributed by atoms with van der Waals surface area (Å²) in [4.78, 5) is 26.7. The number of nitrogens with zero attached hydrogens (tertiary/aromatic N) is 1. The van der Waals surface area contributed by atoms with E-state index in [0.717, 1.165) is 0 Å². The SMILES string of the molecule is COc1ccc(N2C(=O)/C(=C/c3ccc(O)c(OC)c3)C(=O)NC2=S)c(OC)c1. The van der Waals surface area contributed by atoms with Gasteiger partial charge in [0.05, 0.1) is 27.0 Å². The highest BCUT2D eigenvalue weighted by Crippen LogP contribution is 2.34. The van der Waals surface area contributed by atoms with Gasteiger partial charge in [0.15, 0.2) is 16.6 Å². The number of amides is 2. The lowest BCUT2D eigenvalue weighted by Gasteiger charge is -2.30. The molecule has 1 aliphatic rings. The number of methoxy groups -OCH3 is 3. The molecule has 1 saturated heterocycles. The maximum absolute atomic E-state index is 13.1. The lowest BCUT2D eigenvalue weighted by atomic mass is 10.1. The Hall–Kier alpha value is -3.59. The molecule has 2 N–H and O–H groups in total. The summed E-state index contributed by atoms with van der Waals surface area (Å²) in [6.45, 7) is 0. The van der Waals surface area contributed by atoms with Gasteiger partial charge in [0.1, 0.15) is 17.1 Å². The molecule has 29 heavy (non-hydrogen) atoms. The average Bonchev–Trinajstić information content (AvgIpc) is 2.72. The molecule has 0 aromatic heterocycles. The molecule has 1 aliphatic heterocycles. The van der Waals surface area contributed by atoms with Crippen molar-refractivity contribution in [1.82, 2.24) is 5.32 Å². The molecule has 0 bridgehead atoms. The predicted molar refractivity (Wildman–Crippen MR) is 110 cm³/mol. The Morgan fingerprint density at radius 1 is 1.00 bits per heavy atom. The molecular weight excluding hydrogens is 396 g/mol. The second-order valence-corrected chi connectivity index (χ2v) is 6.31. The van der Waals surface area contributed by atoms with Crippen LogP contribution in [0.3, 0.4) is 0 Å². The van der Waals surface area contributed by atoms with E-state index in [9.17, 15) is 14.7 Å². The van der Waals surface area contributed by atoms with E-state index in [1.165, 1.54) is 44.4 Å². The number of thiocarbonyl (C=S) groups is 1. The molecule has 0 aliphatic carbocycles. The van der Waals surface area contributed by atoms with Gasteiger partial charge in [-0.1, -0.05) is 6.07 Å². The molecule has 2 amide bonds. The van der Waals surface area contributed by atoms with Gasteiger partial charge in [-0.05, 0) is 48.1 Å². The van der Waals surface area contributed by atoms with E-state index in [0.29, 0.717) is 22.7 Å². The first-order chi connectivity index (χ1) is 13.9. The number of carbonyl (C=O) groups excluding carboxylic acids is 2. The molecule has 3 rings (SSSR count). The van der Waals surface area contributed by atoms with E-state index in [4.69, 9.17) is 26.4 Å². The van der Waals surface area contributed by atoms with Crippen LogP contribution in [0, 0.1) is 0 Å². The Labute approximate surface area is 172 Å². The van der Waals surface area contributed by atoms with E-state index in [-0.39, 0.29) is 22.2 Å². The van der Waals surface area contributed by atoms with Crippen molar-refractivity contribution in [3.05, 3.63) is 47.5 Å². The van der Waals surface area contributed by atoms with Crippen LogP contribution in [0.1, 0.15) is 5.56 Å². The van der Waals surface area contributed by atoms with Gasteiger partial charge < -0.3 is 19.3 Å². The van der Waals surface area contributed by atoms with E-state index < -0.39 is 11.8 Å². The molecule has 0 radical (unpaired) electrons. The maximum atomic E-state index is 13.1. The number of ether oxygens (including phenoxy) is 3. The van der Waals surface area contributed by atoms with Gasteiger partial charge in [0, 0.05) is 6.07 Å². The molecule has 0 spiro atoms. The van der Waals surface area contributed by atoms with E-state index in [1.807, 2.05) is 0 Å². The first-order valence-corrected chi connectivity index (χ1v) is 8.81. The third-order valence-electron chi connectivity index (χ3n) is 4.24. The van der Waals surface area contributed by atoms with Crippen molar-refractivity contribution in [3.63, 3.8) is 0 Å². The zero-order valence-electron chi connectivity index (χ0n) is 15.9. The van der Waals surface area contributed by atoms with Crippen molar-refractivity contribution in [2.45, 2.75) is 0 Å². The van der Waals surface area contributed by atoms with Crippen LogP contribution in [0.25, 0.3) is 6.08 Å². The van der Waals surface area contributed by atoms with Gasteiger partial charge in [0.2, 0.25) is 0 Å². The summed E-state index contributed by atoms with van der Waals surface area (Å²) >= 11 is 5.21. The van der Waals surface area contributed by atoms with Crippen molar-refractivity contribution in [1.29, 1.82) is 0 Å². The number of benzene rings is 2. The lowest BCUT2D eigenvalue weighted by Crippen LogP contribution is -2.54. The highest BCUT2D eigenvalue weighted by atomic mass is 32.1. The molecule has 9 heteroatoms. The molecule has 1 heterocycles. The average molecular weight is 414 g/mol. The number of carbonyl (C=O) groups is 2. The molecule has 8 nitrogen and oxygen atoms in total. The maximum Gasteiger partial charge on any atom is 0.270 e. The van der Waals surface area contributed by atoms with Crippen molar-refractivity contribution in [2.75, 3.05) is 26.2 Å². The van der Waals surface area contributed by atoms with Crippen LogP contribution in [0.2, 0.25) is 0 Å². The molecule has 0 atom stereocenters.